The van der Waals surface area contributed by atoms with Gasteiger partial charge in [-0.05, 0) is 31.4 Å². The Labute approximate surface area is 85.0 Å². The molecule has 2 rings (SSSR count). The Morgan fingerprint density at radius 1 is 1.21 bits per heavy atom. The van der Waals surface area contributed by atoms with Gasteiger partial charge in [-0.15, -0.1) is 0 Å². The molecule has 0 aromatic heterocycles. The number of likely N-dealkylation sites (tertiary alicyclic amines) is 1. The quantitative estimate of drug-likeness (QED) is 0.656. The SMILES string of the molecule is NC1=CNC(N2CCCCC2)=CC=C1. The molecule has 0 bridgehead atoms. The fourth-order valence-corrected chi connectivity index (χ4v) is 1.84. The lowest BCUT2D eigenvalue weighted by Crippen LogP contribution is -2.34. The van der Waals surface area contributed by atoms with E-state index in [1.54, 1.807) is 0 Å². The van der Waals surface area contributed by atoms with Crippen molar-refractivity contribution in [3.63, 3.8) is 0 Å². The molecule has 0 radical (unpaired) electrons. The van der Waals surface area contributed by atoms with Gasteiger partial charge in [-0.3, -0.25) is 0 Å². The smallest absolute Gasteiger partial charge is 0.105 e. The van der Waals surface area contributed by atoms with Crippen molar-refractivity contribution >= 4 is 0 Å². The summed E-state index contributed by atoms with van der Waals surface area (Å²) in [6.45, 7) is 2.31. The van der Waals surface area contributed by atoms with E-state index in [0.29, 0.717) is 0 Å². The van der Waals surface area contributed by atoms with Crippen LogP contribution < -0.4 is 11.1 Å². The number of rotatable bonds is 1. The van der Waals surface area contributed by atoms with Crippen LogP contribution in [0.15, 0.2) is 35.9 Å². The van der Waals surface area contributed by atoms with Gasteiger partial charge in [0.25, 0.3) is 0 Å². The van der Waals surface area contributed by atoms with E-state index in [9.17, 15) is 0 Å². The topological polar surface area (TPSA) is 41.3 Å². The monoisotopic (exact) mass is 191 g/mol. The lowest BCUT2D eigenvalue weighted by molar-refractivity contribution is 0.274. The molecule has 2 aliphatic rings. The predicted octanol–water partition coefficient (Wildman–Crippen LogP) is 1.27. The molecule has 0 unspecified atom stereocenters. The van der Waals surface area contributed by atoms with Crippen LogP contribution in [0.3, 0.4) is 0 Å². The molecular formula is C11H17N3. The lowest BCUT2D eigenvalue weighted by atomic mass is 10.1. The molecule has 3 heteroatoms. The summed E-state index contributed by atoms with van der Waals surface area (Å²) in [5, 5.41) is 3.24. The van der Waals surface area contributed by atoms with Crippen LogP contribution in [0.2, 0.25) is 0 Å². The molecule has 3 nitrogen and oxygen atoms in total. The zero-order valence-electron chi connectivity index (χ0n) is 8.37. The molecule has 0 spiro atoms. The number of hydrogen-bond acceptors (Lipinski definition) is 3. The van der Waals surface area contributed by atoms with Crippen molar-refractivity contribution in [2.75, 3.05) is 13.1 Å². The number of nitrogens with two attached hydrogens (primary N) is 1. The Kier molecular flexibility index (Phi) is 2.77. The Balaban J connectivity index is 2.03. The van der Waals surface area contributed by atoms with Gasteiger partial charge in [0.15, 0.2) is 0 Å². The predicted molar refractivity (Wildman–Crippen MR) is 58.1 cm³/mol. The Hall–Kier alpha value is -1.38. The number of piperidine rings is 1. The normalized spacial score (nSPS) is 22.1. The first-order valence-corrected chi connectivity index (χ1v) is 5.22. The van der Waals surface area contributed by atoms with Crippen LogP contribution in [0, 0.1) is 0 Å². The highest BCUT2D eigenvalue weighted by atomic mass is 15.2. The van der Waals surface area contributed by atoms with Crippen molar-refractivity contribution in [3.05, 3.63) is 35.9 Å². The highest BCUT2D eigenvalue weighted by molar-refractivity contribution is 5.26. The zero-order chi connectivity index (χ0) is 9.80. The van der Waals surface area contributed by atoms with Crippen LogP contribution >= 0.6 is 0 Å². The number of allylic oxidation sites excluding steroid dienone is 3. The third kappa shape index (κ3) is 2.10. The molecule has 1 saturated heterocycles. The molecule has 14 heavy (non-hydrogen) atoms. The first-order chi connectivity index (χ1) is 6.86. The Morgan fingerprint density at radius 3 is 2.79 bits per heavy atom. The van der Waals surface area contributed by atoms with Crippen LogP contribution in [0.1, 0.15) is 19.3 Å². The van der Waals surface area contributed by atoms with E-state index in [1.807, 2.05) is 18.4 Å². The van der Waals surface area contributed by atoms with Gasteiger partial charge in [-0.1, -0.05) is 6.08 Å². The molecule has 2 aliphatic heterocycles. The fourth-order valence-electron chi connectivity index (χ4n) is 1.84. The Bertz CT molecular complexity index is 280. The van der Waals surface area contributed by atoms with E-state index < -0.39 is 0 Å². The summed E-state index contributed by atoms with van der Waals surface area (Å²) < 4.78 is 0. The van der Waals surface area contributed by atoms with E-state index in [1.165, 1.54) is 25.1 Å². The highest BCUT2D eigenvalue weighted by Crippen LogP contribution is 2.14. The maximum Gasteiger partial charge on any atom is 0.105 e. The van der Waals surface area contributed by atoms with Crippen LogP contribution in [0.5, 0.6) is 0 Å². The minimum Gasteiger partial charge on any atom is -0.398 e. The van der Waals surface area contributed by atoms with Gasteiger partial charge >= 0.3 is 0 Å². The van der Waals surface area contributed by atoms with E-state index in [-0.39, 0.29) is 0 Å². The molecule has 0 atom stereocenters. The van der Waals surface area contributed by atoms with Gasteiger partial charge in [0, 0.05) is 25.0 Å². The summed E-state index contributed by atoms with van der Waals surface area (Å²) in [5.41, 5.74) is 6.46. The van der Waals surface area contributed by atoms with Gasteiger partial charge in [-0.25, -0.2) is 0 Å². The zero-order valence-corrected chi connectivity index (χ0v) is 8.37. The van der Waals surface area contributed by atoms with E-state index in [0.717, 1.165) is 18.8 Å². The van der Waals surface area contributed by atoms with Gasteiger partial charge in [0.05, 0.1) is 0 Å². The second kappa shape index (κ2) is 4.22. The number of nitrogens with one attached hydrogen (secondary N) is 1. The first kappa shape index (κ1) is 9.19. The Morgan fingerprint density at radius 2 is 2.00 bits per heavy atom. The molecule has 0 aliphatic carbocycles. The molecule has 76 valence electrons. The second-order valence-electron chi connectivity index (χ2n) is 3.75. The molecule has 0 aromatic carbocycles. The summed E-state index contributed by atoms with van der Waals surface area (Å²) in [6, 6.07) is 0. The second-order valence-corrected chi connectivity index (χ2v) is 3.75. The van der Waals surface area contributed by atoms with Gasteiger partial charge in [0.2, 0.25) is 0 Å². The highest BCUT2D eigenvalue weighted by Gasteiger charge is 2.12. The van der Waals surface area contributed by atoms with Crippen LogP contribution in [0.4, 0.5) is 0 Å². The molecule has 0 saturated carbocycles. The van der Waals surface area contributed by atoms with Crippen molar-refractivity contribution < 1.29 is 0 Å². The van der Waals surface area contributed by atoms with Gasteiger partial charge < -0.3 is 16.0 Å². The molecule has 0 amide bonds. The minimum absolute atomic E-state index is 0.772. The van der Waals surface area contributed by atoms with Crippen molar-refractivity contribution in [2.24, 2.45) is 5.73 Å². The standard InChI is InChI=1S/C11H17N3/c12-10-5-4-6-11(13-9-10)14-7-2-1-3-8-14/h4-6,9,13H,1-3,7-8,12H2. The van der Waals surface area contributed by atoms with E-state index in [4.69, 9.17) is 5.73 Å². The summed E-state index contributed by atoms with van der Waals surface area (Å²) in [4.78, 5) is 2.38. The average Bonchev–Trinajstić information content (AvgIpc) is 2.44. The van der Waals surface area contributed by atoms with Crippen molar-refractivity contribution in [1.29, 1.82) is 0 Å². The largest absolute Gasteiger partial charge is 0.398 e. The number of nitrogens with zero attached hydrogens (tertiary/aromatic N) is 1. The lowest BCUT2D eigenvalue weighted by Gasteiger charge is -2.30. The minimum atomic E-state index is 0.772. The molecule has 2 heterocycles. The van der Waals surface area contributed by atoms with Gasteiger partial charge in [-0.2, -0.15) is 0 Å². The summed E-state index contributed by atoms with van der Waals surface area (Å²) in [5.74, 6) is 1.17. The molecule has 1 fully saturated rings. The first-order valence-electron chi connectivity index (χ1n) is 5.22. The number of hydrogen-bond donors (Lipinski definition) is 2. The van der Waals surface area contributed by atoms with Gasteiger partial charge in [0.1, 0.15) is 5.82 Å². The van der Waals surface area contributed by atoms with Crippen molar-refractivity contribution in [3.8, 4) is 0 Å². The third-order valence-electron chi connectivity index (χ3n) is 2.63. The van der Waals surface area contributed by atoms with Crippen LogP contribution in [0.25, 0.3) is 0 Å². The molecule has 0 aromatic rings. The fraction of sp³-hybridized carbons (Fsp3) is 0.455. The van der Waals surface area contributed by atoms with Crippen LogP contribution in [-0.2, 0) is 0 Å². The van der Waals surface area contributed by atoms with Crippen molar-refractivity contribution in [2.45, 2.75) is 19.3 Å². The summed E-state index contributed by atoms with van der Waals surface area (Å²) in [6.07, 6.45) is 11.8. The van der Waals surface area contributed by atoms with Crippen molar-refractivity contribution in [1.82, 2.24) is 10.2 Å². The maximum atomic E-state index is 5.69. The van der Waals surface area contributed by atoms with Crippen LogP contribution in [-0.4, -0.2) is 18.0 Å². The third-order valence-corrected chi connectivity index (χ3v) is 2.63. The summed E-state index contributed by atoms with van der Waals surface area (Å²) >= 11 is 0. The summed E-state index contributed by atoms with van der Waals surface area (Å²) in [7, 11) is 0. The van der Waals surface area contributed by atoms with E-state index in [2.05, 4.69) is 16.3 Å². The maximum absolute atomic E-state index is 5.69. The molecular weight excluding hydrogens is 174 g/mol. The average molecular weight is 191 g/mol. The molecule has 3 N–H and O–H groups in total. The van der Waals surface area contributed by atoms with E-state index >= 15 is 0 Å².